The lowest BCUT2D eigenvalue weighted by Gasteiger charge is -2.30. The molecule has 97 heavy (non-hydrogen) atoms. The van der Waals surface area contributed by atoms with E-state index in [9.17, 15) is 13.2 Å². The summed E-state index contributed by atoms with van der Waals surface area (Å²) < 4.78 is 81.5. The maximum absolute atomic E-state index is 12.2. The normalized spacial score (nSPS) is 14.2. The Morgan fingerprint density at radius 3 is 1.30 bits per heavy atom. The Morgan fingerprint density at radius 2 is 0.928 bits per heavy atom. The first-order chi connectivity index (χ1) is 46.1. The zero-order chi connectivity index (χ0) is 72.4. The van der Waals surface area contributed by atoms with Crippen molar-refractivity contribution in [2.75, 3.05) is 85.8 Å². The van der Waals surface area contributed by atoms with Gasteiger partial charge in [-0.15, -0.1) is 0 Å². The van der Waals surface area contributed by atoms with Gasteiger partial charge in [0.05, 0.1) is 112 Å². The van der Waals surface area contributed by atoms with E-state index in [1.54, 1.807) is 18.3 Å². The minimum absolute atomic E-state index is 0.0997. The molecule has 6 heterocycles. The topological polar surface area (TPSA) is 138 Å². The Morgan fingerprint density at radius 1 is 0.505 bits per heavy atom. The second-order valence-electron chi connectivity index (χ2n) is 26.9. The maximum Gasteiger partial charge on any atom is 0.417 e. The van der Waals surface area contributed by atoms with E-state index in [0.717, 1.165) is 86.5 Å². The van der Waals surface area contributed by atoms with Gasteiger partial charge in [0.1, 0.15) is 0 Å². The molecule has 3 aliphatic heterocycles. The van der Waals surface area contributed by atoms with E-state index < -0.39 is 11.7 Å². The van der Waals surface area contributed by atoms with Gasteiger partial charge < -0.3 is 57.2 Å². The average Bonchev–Trinajstić information content (AvgIpc) is 1.88. The van der Waals surface area contributed by atoms with Crippen LogP contribution in [0.15, 0.2) is 110 Å². The van der Waals surface area contributed by atoms with Crippen LogP contribution in [0.1, 0.15) is 194 Å². The number of pyridine rings is 2. The summed E-state index contributed by atoms with van der Waals surface area (Å²) in [5, 5.41) is 8.57. The molecule has 0 atom stereocenters. The van der Waals surface area contributed by atoms with Crippen LogP contribution in [0.3, 0.4) is 0 Å². The predicted molar refractivity (Wildman–Crippen MR) is 391 cm³/mol. The maximum atomic E-state index is 12.2. The molecule has 3 aliphatic rings. The van der Waals surface area contributed by atoms with Crippen molar-refractivity contribution in [1.29, 1.82) is 5.26 Å². The standard InChI is InChI=1S/C11H13NO.C11H17NO.C11H16O.C10H14F3NO.C10H21NO.C9H13NO.C9H19NO.C8H17NO/c1-9(2)13-8-11-5-3-10(7-12)4-6-11;1-4-11-6-5-10(7-12-11)8-13-9(2)3;1-9(2)12-8-11-6-4-10(3)5-7-11;1-8(2)15-6-5-14-4-3-9(7-14)10(11,12)13;1-9(2)12-8-10-4-6-11(3)7-5-10;1-8(2)11-7-9-4-3-5-10-6-9;1-9(2)11-8-7-10-5-3-4-6-10;1-8(2)10-7-6-9-4-3-5-9/h3-6,9H,8H2,1-2H3;5-7,9H,4,8H2,1-3H3;4-7,9H,8H2,1-3H3;3-4,7-8H,5-6H2,1-2H3;9-10H,4-8H2,1-3H3;3-6,8H,7H2,1-2H3;9H,3-8H2,1-2H3;8H,3-7H2,1-2H3. The molecule has 0 spiro atoms. The molecule has 0 amide bonds. The lowest BCUT2D eigenvalue weighted by atomic mass is 9.98. The molecule has 0 radical (unpaired) electrons. The molecule has 0 unspecified atom stereocenters. The zero-order valence-electron chi connectivity index (χ0n) is 63.4. The third-order valence-corrected chi connectivity index (χ3v) is 14.8. The van der Waals surface area contributed by atoms with Gasteiger partial charge in [-0.05, 0) is 261 Å². The van der Waals surface area contributed by atoms with Crippen LogP contribution < -0.4 is 0 Å². The van der Waals surface area contributed by atoms with E-state index in [2.05, 4.69) is 130 Å². The van der Waals surface area contributed by atoms with E-state index in [1.165, 1.54) is 93.3 Å². The fraction of sp³-hybridized carbons (Fsp3) is 0.658. The van der Waals surface area contributed by atoms with Crippen molar-refractivity contribution in [3.8, 4) is 6.07 Å². The van der Waals surface area contributed by atoms with Gasteiger partial charge in [0, 0.05) is 62.9 Å². The number of nitrogens with zero attached hydrogens (tertiary/aromatic N) is 7. The highest BCUT2D eigenvalue weighted by Crippen LogP contribution is 2.29. The first-order valence-electron chi connectivity index (χ1n) is 35.7. The van der Waals surface area contributed by atoms with Crippen LogP contribution in [0, 0.1) is 24.2 Å². The van der Waals surface area contributed by atoms with Crippen molar-refractivity contribution in [2.45, 2.75) is 251 Å². The molecule has 15 nitrogen and oxygen atoms in total. The van der Waals surface area contributed by atoms with E-state index in [-0.39, 0.29) is 24.4 Å². The van der Waals surface area contributed by atoms with E-state index in [1.807, 2.05) is 106 Å². The number of benzene rings is 2. The number of aromatic nitrogens is 3. The van der Waals surface area contributed by atoms with Crippen LogP contribution in [-0.4, -0.2) is 164 Å². The van der Waals surface area contributed by atoms with Gasteiger partial charge in [-0.25, -0.2) is 0 Å². The molecule has 0 aliphatic carbocycles. The summed E-state index contributed by atoms with van der Waals surface area (Å²) in [6.45, 7) is 52.9. The lowest BCUT2D eigenvalue weighted by molar-refractivity contribution is -0.137. The Bertz CT molecular complexity index is 2630. The third-order valence-electron chi connectivity index (χ3n) is 14.8. The summed E-state index contributed by atoms with van der Waals surface area (Å²) in [7, 11) is 2.19. The van der Waals surface area contributed by atoms with Gasteiger partial charge in [0.25, 0.3) is 0 Å². The molecule has 18 heteroatoms. The SMILES string of the molecule is CC(C)OCC1CCN(C)CC1.CC(C)OCCN1CCC1.CC(C)OCCN1CCCC1.CC(C)OCCn1ccc(C(F)(F)F)c1.CC(C)OCc1ccc(C#N)cc1.CC(C)OCc1cccnc1.CCc1ccc(COC(C)C)cn1.Cc1ccc(COC(C)C)cc1. The van der Waals surface area contributed by atoms with E-state index in [0.29, 0.717) is 63.0 Å². The highest BCUT2D eigenvalue weighted by atomic mass is 19.4. The van der Waals surface area contributed by atoms with Crippen molar-refractivity contribution in [3.05, 3.63) is 154 Å². The number of hydrogen-bond acceptors (Lipinski definition) is 14. The summed E-state index contributed by atoms with van der Waals surface area (Å²) in [6, 6.07) is 27.1. The molecule has 3 aromatic heterocycles. The monoisotopic (exact) mass is 1360 g/mol. The molecule has 0 saturated carbocycles. The van der Waals surface area contributed by atoms with Gasteiger partial charge >= 0.3 is 6.18 Å². The predicted octanol–water partition coefficient (Wildman–Crippen LogP) is 17.3. The van der Waals surface area contributed by atoms with E-state index in [4.69, 9.17) is 43.2 Å². The zero-order valence-corrected chi connectivity index (χ0v) is 63.4. The Hall–Kier alpha value is -5.14. The summed E-state index contributed by atoms with van der Waals surface area (Å²) >= 11 is 0. The Labute approximate surface area is 586 Å². The molecule has 0 bridgehead atoms. The molecule has 5 aromatic rings. The van der Waals surface area contributed by atoms with Crippen molar-refractivity contribution >= 4 is 0 Å². The lowest BCUT2D eigenvalue weighted by Crippen LogP contribution is -2.39. The average molecular weight is 1360 g/mol. The molecule has 2 aromatic carbocycles. The number of alkyl halides is 3. The van der Waals surface area contributed by atoms with Crippen LogP contribution in [-0.2, 0) is 83.5 Å². The fourth-order valence-corrected chi connectivity index (χ4v) is 8.79. The minimum Gasteiger partial charge on any atom is -0.379 e. The number of ether oxygens (including phenoxy) is 8. The second kappa shape index (κ2) is 54.7. The van der Waals surface area contributed by atoms with E-state index >= 15 is 0 Å². The first kappa shape index (κ1) is 89.9. The number of hydrogen-bond donors (Lipinski definition) is 0. The van der Waals surface area contributed by atoms with Crippen molar-refractivity contribution in [2.24, 2.45) is 5.92 Å². The van der Waals surface area contributed by atoms with Crippen LogP contribution in [0.2, 0.25) is 0 Å². The smallest absolute Gasteiger partial charge is 0.379 e. The first-order valence-corrected chi connectivity index (χ1v) is 35.7. The molecular formula is C79H130F3N7O8. The second-order valence-corrected chi connectivity index (χ2v) is 26.9. The van der Waals surface area contributed by atoms with Gasteiger partial charge in [-0.3, -0.25) is 9.97 Å². The molecule has 3 fully saturated rings. The van der Waals surface area contributed by atoms with Crippen molar-refractivity contribution in [3.63, 3.8) is 0 Å². The molecule has 0 N–H and O–H groups in total. The number of piperidine rings is 1. The third kappa shape index (κ3) is 51.6. The van der Waals surface area contributed by atoms with Crippen LogP contribution >= 0.6 is 0 Å². The van der Waals surface area contributed by atoms with Crippen LogP contribution in [0.4, 0.5) is 13.2 Å². The summed E-state index contributed by atoms with van der Waals surface area (Å²) in [5.41, 5.74) is 7.12. The molecule has 8 rings (SSSR count). The fourth-order valence-electron chi connectivity index (χ4n) is 8.79. The quantitative estimate of drug-likeness (QED) is 0.0469. The van der Waals surface area contributed by atoms with Crippen molar-refractivity contribution in [1.82, 2.24) is 29.2 Å². The summed E-state index contributed by atoms with van der Waals surface area (Å²) in [4.78, 5) is 15.6. The number of halogens is 3. The number of likely N-dealkylation sites (tertiary alicyclic amines) is 3. The Kier molecular flexibility index (Phi) is 50.6. The van der Waals surface area contributed by atoms with Gasteiger partial charge in [0.15, 0.2) is 0 Å². The summed E-state index contributed by atoms with van der Waals surface area (Å²) in [5.74, 6) is 0.809. The van der Waals surface area contributed by atoms with Gasteiger partial charge in [-0.1, -0.05) is 61.0 Å². The van der Waals surface area contributed by atoms with Crippen LogP contribution in [0.25, 0.3) is 0 Å². The molecule has 3 saturated heterocycles. The number of aryl methyl sites for hydroxylation is 2. The van der Waals surface area contributed by atoms with Gasteiger partial charge in [-0.2, -0.15) is 18.4 Å². The van der Waals surface area contributed by atoms with Crippen molar-refractivity contribution < 1.29 is 51.1 Å². The number of nitriles is 1. The highest BCUT2D eigenvalue weighted by Gasteiger charge is 2.31. The highest BCUT2D eigenvalue weighted by molar-refractivity contribution is 5.31. The summed E-state index contributed by atoms with van der Waals surface area (Å²) in [6.07, 6.45) is 13.8. The Balaban J connectivity index is 0.000000556. The number of rotatable bonds is 28. The molecular weight excluding hydrogens is 1230 g/mol. The minimum atomic E-state index is -4.26. The van der Waals surface area contributed by atoms with Gasteiger partial charge in [0.2, 0.25) is 0 Å². The van der Waals surface area contributed by atoms with Crippen LogP contribution in [0.5, 0.6) is 0 Å². The molecule has 550 valence electrons. The largest absolute Gasteiger partial charge is 0.417 e.